The number of aliphatic hydroxyl groups is 1. The van der Waals surface area contributed by atoms with Gasteiger partial charge in [-0.1, -0.05) is 156 Å². The Kier molecular flexibility index (Phi) is 25.6. The molecule has 0 aromatic carbocycles. The maximum absolute atomic E-state index is 12.7. The molecule has 2 saturated heterocycles. The maximum Gasteiger partial charge on any atom is 0.333 e. The molecule has 0 aromatic rings. The van der Waals surface area contributed by atoms with E-state index < -0.39 is 53.9 Å². The lowest BCUT2D eigenvalue weighted by molar-refractivity contribution is -0.307. The third kappa shape index (κ3) is 20.6. The average Bonchev–Trinajstić information content (AvgIpc) is 3.58. The van der Waals surface area contributed by atoms with Crippen LogP contribution < -0.4 is 0 Å². The fourth-order valence-corrected chi connectivity index (χ4v) is 16.3. The quantitative estimate of drug-likeness (QED) is 0.0194. The van der Waals surface area contributed by atoms with Crippen molar-refractivity contribution in [2.45, 2.75) is 225 Å². The molecule has 2 aliphatic rings. The van der Waals surface area contributed by atoms with Crippen LogP contribution in [0.25, 0.3) is 0 Å². The standard InChI is InChI=1S/C53H96O10Si3/c1-18-19-29-52(49(54)26-22-44(9)37-51(56)60-39-58-34-36-65(15,16)17)31-32-53(63-52)30-28-46(11)47(61-53)24-20-43(8)21-25-48(62-66(40(2)3,41(4)5)42(6)7)45(10)23-27-50(55)59-38-57-33-35-64(12,13)14/h20-23,25-27,37,40-42,45-49,54H,18-19,24,28-36,38-39H2,1-17H3/b25-21+,26-22+,27-23+,43-20+,44-37+/t45-,46-,47+,48+,49-,52+,53-/m0/s1. The molecular formula is C53H96O10Si3. The SMILES string of the molecule is CCCC[C@]1([C@@H](O)/C=C/C(C)=C/C(=O)OCOCC[Si](C)(C)C)CC[C@]2(CC[C@H](C)[C@@H](C/C=C(C)/C=C/[C@@H](O[Si](C(C)C)(C(C)C)C(C)C)[C@@H](C)/C=C/C(=O)OCOCC[Si](C)(C)C)O2)O1. The number of rotatable bonds is 29. The van der Waals surface area contributed by atoms with Crippen molar-refractivity contribution in [2.75, 3.05) is 26.8 Å². The third-order valence-corrected chi connectivity index (χ3v) is 23.1. The zero-order valence-corrected chi connectivity index (χ0v) is 47.8. The Morgan fingerprint density at radius 1 is 0.758 bits per heavy atom. The topological polar surface area (TPSA) is 119 Å². The van der Waals surface area contributed by atoms with Gasteiger partial charge >= 0.3 is 11.9 Å². The van der Waals surface area contributed by atoms with Crippen LogP contribution in [0.15, 0.2) is 59.8 Å². The number of aliphatic hydroxyl groups excluding tert-OH is 1. The second-order valence-electron chi connectivity index (χ2n) is 22.8. The number of allylic oxidation sites excluding steroid dienone is 4. The van der Waals surface area contributed by atoms with Gasteiger partial charge < -0.3 is 38.0 Å². The summed E-state index contributed by atoms with van der Waals surface area (Å²) in [7, 11) is -4.72. The van der Waals surface area contributed by atoms with E-state index in [4.69, 9.17) is 32.8 Å². The molecule has 7 atom stereocenters. The highest BCUT2D eigenvalue weighted by Gasteiger charge is 2.55. The summed E-state index contributed by atoms with van der Waals surface area (Å²) in [6, 6.07) is 2.03. The Morgan fingerprint density at radius 3 is 1.86 bits per heavy atom. The number of hydrogen-bond donors (Lipinski definition) is 1. The van der Waals surface area contributed by atoms with Gasteiger partial charge in [0.05, 0.1) is 12.2 Å². The van der Waals surface area contributed by atoms with E-state index in [1.165, 1.54) is 12.2 Å². The molecule has 0 saturated carbocycles. The summed E-state index contributed by atoms with van der Waals surface area (Å²) in [5.74, 6) is -1.39. The summed E-state index contributed by atoms with van der Waals surface area (Å²) in [4.78, 5) is 25.2. The van der Waals surface area contributed by atoms with E-state index in [0.29, 0.717) is 60.6 Å². The second-order valence-corrected chi connectivity index (χ2v) is 39.5. The summed E-state index contributed by atoms with van der Waals surface area (Å²) < 4.78 is 43.0. The predicted octanol–water partition coefficient (Wildman–Crippen LogP) is 13.5. The smallest absolute Gasteiger partial charge is 0.333 e. The van der Waals surface area contributed by atoms with E-state index in [-0.39, 0.29) is 31.7 Å². The van der Waals surface area contributed by atoms with Crippen LogP contribution in [-0.2, 0) is 42.4 Å². The van der Waals surface area contributed by atoms with Crippen molar-refractivity contribution in [3.05, 3.63) is 59.8 Å². The van der Waals surface area contributed by atoms with Gasteiger partial charge in [0, 0.05) is 60.3 Å². The van der Waals surface area contributed by atoms with Crippen molar-refractivity contribution in [3.63, 3.8) is 0 Å². The third-order valence-electron chi connectivity index (χ3n) is 13.6. The Bertz CT molecular complexity index is 1600. The van der Waals surface area contributed by atoms with E-state index in [0.717, 1.165) is 49.8 Å². The number of unbranched alkanes of at least 4 members (excludes halogenated alkanes) is 1. The molecule has 13 heteroatoms. The van der Waals surface area contributed by atoms with Crippen LogP contribution in [0.2, 0.25) is 68.0 Å². The molecule has 0 bridgehead atoms. The van der Waals surface area contributed by atoms with Gasteiger partial charge in [-0.3, -0.25) is 0 Å². The summed E-state index contributed by atoms with van der Waals surface area (Å²) in [5.41, 5.74) is 2.22. The molecule has 0 radical (unpaired) electrons. The van der Waals surface area contributed by atoms with Crippen LogP contribution >= 0.6 is 0 Å². The maximum atomic E-state index is 12.7. The Labute approximate surface area is 405 Å². The summed E-state index contributed by atoms with van der Waals surface area (Å²) in [6.45, 7) is 39.0. The molecular weight excluding hydrogens is 881 g/mol. The number of carbonyl (C=O) groups is 2. The monoisotopic (exact) mass is 977 g/mol. The molecule has 10 nitrogen and oxygen atoms in total. The Morgan fingerprint density at radius 2 is 1.32 bits per heavy atom. The first-order valence-corrected chi connectivity index (χ1v) is 34.9. The number of ether oxygens (including phenoxy) is 6. The molecule has 0 amide bonds. The van der Waals surface area contributed by atoms with Crippen LogP contribution in [-0.4, -0.2) is 98.0 Å². The molecule has 2 aliphatic heterocycles. The normalized spacial score (nSPS) is 24.2. The minimum Gasteiger partial charge on any atom is -0.435 e. The van der Waals surface area contributed by atoms with Gasteiger partial charge in [0.2, 0.25) is 8.32 Å². The van der Waals surface area contributed by atoms with Crippen molar-refractivity contribution in [1.82, 2.24) is 0 Å². The van der Waals surface area contributed by atoms with Crippen LogP contribution in [0.1, 0.15) is 128 Å². The molecule has 380 valence electrons. The lowest BCUT2D eigenvalue weighted by Gasteiger charge is -2.45. The van der Waals surface area contributed by atoms with Crippen molar-refractivity contribution in [3.8, 4) is 0 Å². The minimum absolute atomic E-state index is 0.0417. The van der Waals surface area contributed by atoms with Crippen LogP contribution in [0.3, 0.4) is 0 Å². The Hall–Kier alpha value is -1.95. The lowest BCUT2D eigenvalue weighted by atomic mass is 9.85. The number of hydrogen-bond acceptors (Lipinski definition) is 10. The molecule has 0 aliphatic carbocycles. The van der Waals surface area contributed by atoms with E-state index >= 15 is 0 Å². The van der Waals surface area contributed by atoms with Crippen molar-refractivity contribution in [1.29, 1.82) is 0 Å². The molecule has 0 aromatic heterocycles. The van der Waals surface area contributed by atoms with Crippen LogP contribution in [0.4, 0.5) is 0 Å². The molecule has 2 heterocycles. The van der Waals surface area contributed by atoms with Crippen molar-refractivity contribution < 1.29 is 47.5 Å². The highest BCUT2D eigenvalue weighted by Crippen LogP contribution is 2.50. The summed E-state index contributed by atoms with van der Waals surface area (Å²) in [6.07, 6.45) is 20.3. The van der Waals surface area contributed by atoms with E-state index in [1.54, 1.807) is 12.2 Å². The fraction of sp³-hybridized carbons (Fsp3) is 0.774. The number of esters is 2. The first kappa shape index (κ1) is 60.2. The molecule has 2 rings (SSSR count). The first-order chi connectivity index (χ1) is 30.7. The van der Waals surface area contributed by atoms with Crippen LogP contribution in [0.5, 0.6) is 0 Å². The van der Waals surface area contributed by atoms with Gasteiger partial charge in [-0.2, -0.15) is 0 Å². The Balaban J connectivity index is 2.22. The van der Waals surface area contributed by atoms with Gasteiger partial charge in [-0.05, 0) is 79.7 Å². The largest absolute Gasteiger partial charge is 0.435 e. The lowest BCUT2D eigenvalue weighted by Crippen LogP contribution is -2.50. The van der Waals surface area contributed by atoms with E-state index in [1.807, 2.05) is 13.0 Å². The first-order valence-electron chi connectivity index (χ1n) is 25.3. The molecule has 0 unspecified atom stereocenters. The highest BCUT2D eigenvalue weighted by atomic mass is 28.4. The highest BCUT2D eigenvalue weighted by molar-refractivity contribution is 6.78. The zero-order chi connectivity index (χ0) is 49.9. The molecule has 1 spiro atoms. The van der Waals surface area contributed by atoms with Gasteiger partial charge in [-0.25, -0.2) is 9.59 Å². The molecule has 1 N–H and O–H groups in total. The number of carbonyl (C=O) groups excluding carboxylic acids is 2. The summed E-state index contributed by atoms with van der Waals surface area (Å²) >= 11 is 0. The van der Waals surface area contributed by atoms with E-state index in [2.05, 4.69) is 127 Å². The predicted molar refractivity (Wildman–Crippen MR) is 279 cm³/mol. The van der Waals surface area contributed by atoms with Gasteiger partial charge in [0.25, 0.3) is 0 Å². The van der Waals surface area contributed by atoms with Crippen molar-refractivity contribution in [2.24, 2.45) is 11.8 Å². The van der Waals surface area contributed by atoms with Crippen LogP contribution in [0, 0.1) is 11.8 Å². The van der Waals surface area contributed by atoms with E-state index in [9.17, 15) is 14.7 Å². The van der Waals surface area contributed by atoms with Gasteiger partial charge in [0.15, 0.2) is 19.4 Å². The summed E-state index contributed by atoms with van der Waals surface area (Å²) in [5, 5.41) is 11.7. The van der Waals surface area contributed by atoms with Crippen molar-refractivity contribution >= 4 is 36.4 Å². The average molecular weight is 978 g/mol. The minimum atomic E-state index is -2.28. The molecule has 66 heavy (non-hydrogen) atoms. The molecule has 2 fully saturated rings. The fourth-order valence-electron chi connectivity index (χ4n) is 9.25. The van der Waals surface area contributed by atoms with Gasteiger partial charge in [0.1, 0.15) is 11.7 Å². The zero-order valence-electron chi connectivity index (χ0n) is 44.8. The van der Waals surface area contributed by atoms with Gasteiger partial charge in [-0.15, -0.1) is 0 Å². The second kappa shape index (κ2) is 28.0.